The zero-order valence-corrected chi connectivity index (χ0v) is 10.7. The summed E-state index contributed by atoms with van der Waals surface area (Å²) in [6.07, 6.45) is 3.79. The van der Waals surface area contributed by atoms with Crippen LogP contribution in [0.3, 0.4) is 0 Å². The van der Waals surface area contributed by atoms with E-state index in [1.165, 1.54) is 25.6 Å². The molecule has 1 aromatic rings. The van der Waals surface area contributed by atoms with E-state index in [1.54, 1.807) is 6.07 Å². The molecule has 2 N–H and O–H groups in total. The minimum Gasteiger partial charge on any atom is -0.478 e. The molecule has 100 valence electrons. The Bertz CT molecular complexity index is 403. The maximum atomic E-state index is 10.7. The van der Waals surface area contributed by atoms with Crippen molar-refractivity contribution in [2.75, 3.05) is 19.6 Å². The summed E-state index contributed by atoms with van der Waals surface area (Å²) >= 11 is 0. The van der Waals surface area contributed by atoms with E-state index in [9.17, 15) is 4.79 Å². The summed E-state index contributed by atoms with van der Waals surface area (Å²) in [5.74, 6) is -0.272. The van der Waals surface area contributed by atoms with Gasteiger partial charge in [-0.2, -0.15) is 0 Å². The van der Waals surface area contributed by atoms with Gasteiger partial charge in [-0.15, -0.1) is 0 Å². The predicted octanol–water partition coefficient (Wildman–Crippen LogP) is 1.55. The van der Waals surface area contributed by atoms with Gasteiger partial charge in [-0.3, -0.25) is 4.90 Å². The molecule has 1 aliphatic rings. The molecule has 1 aromatic heterocycles. The maximum absolute atomic E-state index is 10.7. The molecule has 0 bridgehead atoms. The number of rotatable bonds is 6. The van der Waals surface area contributed by atoms with Crippen molar-refractivity contribution in [1.82, 2.24) is 10.2 Å². The standard InChI is InChI=1S/C13H20N2O3/c1-2-15-5-3-4-11(15)7-14-8-12-6-10(9-18-12)13(16)17/h6,9,11,14H,2-5,7-8H2,1H3,(H,16,17). The van der Waals surface area contributed by atoms with Gasteiger partial charge in [0.05, 0.1) is 12.1 Å². The minimum absolute atomic E-state index is 0.211. The van der Waals surface area contributed by atoms with Gasteiger partial charge in [0.1, 0.15) is 12.0 Å². The highest BCUT2D eigenvalue weighted by atomic mass is 16.4. The summed E-state index contributed by atoms with van der Waals surface area (Å²) in [7, 11) is 0. The molecule has 1 aliphatic heterocycles. The molecule has 0 spiro atoms. The van der Waals surface area contributed by atoms with Gasteiger partial charge in [0.25, 0.3) is 0 Å². The second-order valence-electron chi connectivity index (χ2n) is 4.66. The van der Waals surface area contributed by atoms with E-state index in [0.29, 0.717) is 18.3 Å². The van der Waals surface area contributed by atoms with Crippen molar-refractivity contribution in [3.63, 3.8) is 0 Å². The van der Waals surface area contributed by atoms with Crippen LogP contribution in [0.25, 0.3) is 0 Å². The van der Waals surface area contributed by atoms with Crippen LogP contribution < -0.4 is 5.32 Å². The molecular weight excluding hydrogens is 232 g/mol. The Labute approximate surface area is 107 Å². The van der Waals surface area contributed by atoms with Crippen LogP contribution in [0.1, 0.15) is 35.9 Å². The van der Waals surface area contributed by atoms with Crippen LogP contribution in [0.4, 0.5) is 0 Å². The number of furan rings is 1. The molecule has 1 atom stereocenters. The largest absolute Gasteiger partial charge is 0.478 e. The van der Waals surface area contributed by atoms with Gasteiger partial charge in [0, 0.05) is 12.6 Å². The number of carboxylic acids is 1. The average molecular weight is 252 g/mol. The lowest BCUT2D eigenvalue weighted by Gasteiger charge is -2.22. The highest BCUT2D eigenvalue weighted by Gasteiger charge is 2.22. The van der Waals surface area contributed by atoms with Gasteiger partial charge in [-0.05, 0) is 32.0 Å². The van der Waals surface area contributed by atoms with Gasteiger partial charge >= 0.3 is 5.97 Å². The molecule has 2 heterocycles. The molecule has 1 unspecified atom stereocenters. The third-order valence-corrected chi connectivity index (χ3v) is 3.49. The SMILES string of the molecule is CCN1CCCC1CNCc1cc(C(=O)O)co1. The number of aromatic carboxylic acids is 1. The normalized spacial score (nSPS) is 20.4. The van der Waals surface area contributed by atoms with Crippen LogP contribution >= 0.6 is 0 Å². The number of likely N-dealkylation sites (N-methyl/N-ethyl adjacent to an activating group) is 1. The van der Waals surface area contributed by atoms with Crippen molar-refractivity contribution >= 4 is 5.97 Å². The van der Waals surface area contributed by atoms with E-state index in [2.05, 4.69) is 17.1 Å². The molecule has 2 rings (SSSR count). The Morgan fingerprint density at radius 1 is 1.67 bits per heavy atom. The Morgan fingerprint density at radius 3 is 3.17 bits per heavy atom. The highest BCUT2D eigenvalue weighted by molar-refractivity contribution is 5.87. The Hall–Kier alpha value is -1.33. The molecular formula is C13H20N2O3. The van der Waals surface area contributed by atoms with E-state index in [0.717, 1.165) is 13.1 Å². The van der Waals surface area contributed by atoms with E-state index >= 15 is 0 Å². The summed E-state index contributed by atoms with van der Waals surface area (Å²) in [4.78, 5) is 13.2. The number of nitrogens with one attached hydrogen (secondary N) is 1. The van der Waals surface area contributed by atoms with E-state index in [4.69, 9.17) is 9.52 Å². The monoisotopic (exact) mass is 252 g/mol. The van der Waals surface area contributed by atoms with Gasteiger partial charge in [-0.1, -0.05) is 6.92 Å². The summed E-state index contributed by atoms with van der Waals surface area (Å²) < 4.78 is 5.19. The maximum Gasteiger partial charge on any atom is 0.338 e. The first-order valence-electron chi connectivity index (χ1n) is 6.46. The van der Waals surface area contributed by atoms with Gasteiger partial charge in [0.15, 0.2) is 0 Å². The molecule has 18 heavy (non-hydrogen) atoms. The fourth-order valence-corrected chi connectivity index (χ4v) is 2.49. The summed E-state index contributed by atoms with van der Waals surface area (Å²) in [5, 5.41) is 12.1. The quantitative estimate of drug-likeness (QED) is 0.804. The van der Waals surface area contributed by atoms with Crippen LogP contribution in [0.15, 0.2) is 16.7 Å². The smallest absolute Gasteiger partial charge is 0.338 e. The van der Waals surface area contributed by atoms with Crippen LogP contribution in [0.2, 0.25) is 0 Å². The van der Waals surface area contributed by atoms with Crippen LogP contribution in [0.5, 0.6) is 0 Å². The van der Waals surface area contributed by atoms with Crippen LogP contribution in [-0.2, 0) is 6.54 Å². The zero-order valence-electron chi connectivity index (χ0n) is 10.7. The van der Waals surface area contributed by atoms with Gasteiger partial charge in [0.2, 0.25) is 0 Å². The van der Waals surface area contributed by atoms with Crippen molar-refractivity contribution in [2.45, 2.75) is 32.4 Å². The summed E-state index contributed by atoms with van der Waals surface area (Å²) in [6, 6.07) is 2.17. The summed E-state index contributed by atoms with van der Waals surface area (Å²) in [5.41, 5.74) is 0.211. The van der Waals surface area contributed by atoms with Gasteiger partial charge < -0.3 is 14.8 Å². The molecule has 5 nitrogen and oxygen atoms in total. The zero-order chi connectivity index (χ0) is 13.0. The third-order valence-electron chi connectivity index (χ3n) is 3.49. The second kappa shape index (κ2) is 6.02. The molecule has 1 saturated heterocycles. The first-order chi connectivity index (χ1) is 8.70. The summed E-state index contributed by atoms with van der Waals surface area (Å²) in [6.45, 7) is 5.98. The Balaban J connectivity index is 1.76. The van der Waals surface area contributed by atoms with Crippen LogP contribution in [-0.4, -0.2) is 41.7 Å². The number of hydrogen-bond acceptors (Lipinski definition) is 4. The molecule has 0 amide bonds. The lowest BCUT2D eigenvalue weighted by molar-refractivity contribution is 0.0696. The molecule has 5 heteroatoms. The second-order valence-corrected chi connectivity index (χ2v) is 4.66. The van der Waals surface area contributed by atoms with Crippen molar-refractivity contribution in [1.29, 1.82) is 0 Å². The number of carbonyl (C=O) groups is 1. The highest BCUT2D eigenvalue weighted by Crippen LogP contribution is 2.15. The van der Waals surface area contributed by atoms with Crippen molar-refractivity contribution < 1.29 is 14.3 Å². The predicted molar refractivity (Wildman–Crippen MR) is 67.6 cm³/mol. The first-order valence-corrected chi connectivity index (χ1v) is 6.46. The van der Waals surface area contributed by atoms with Crippen molar-refractivity contribution in [3.05, 3.63) is 23.7 Å². The molecule has 1 fully saturated rings. The van der Waals surface area contributed by atoms with E-state index in [-0.39, 0.29) is 5.56 Å². The number of likely N-dealkylation sites (tertiary alicyclic amines) is 1. The van der Waals surface area contributed by atoms with E-state index in [1.807, 2.05) is 0 Å². The van der Waals surface area contributed by atoms with Crippen molar-refractivity contribution in [2.24, 2.45) is 0 Å². The molecule has 0 saturated carbocycles. The van der Waals surface area contributed by atoms with Gasteiger partial charge in [-0.25, -0.2) is 4.79 Å². The molecule has 0 aliphatic carbocycles. The van der Waals surface area contributed by atoms with Crippen molar-refractivity contribution in [3.8, 4) is 0 Å². The topological polar surface area (TPSA) is 65.7 Å². The fourth-order valence-electron chi connectivity index (χ4n) is 2.49. The third kappa shape index (κ3) is 3.11. The lowest BCUT2D eigenvalue weighted by atomic mass is 10.2. The van der Waals surface area contributed by atoms with Crippen LogP contribution in [0, 0.1) is 0 Å². The first kappa shape index (κ1) is 13.1. The van der Waals surface area contributed by atoms with E-state index < -0.39 is 5.97 Å². The Morgan fingerprint density at radius 2 is 2.50 bits per heavy atom. The molecule has 0 radical (unpaired) electrons. The minimum atomic E-state index is -0.946. The average Bonchev–Trinajstić information content (AvgIpc) is 2.97. The lowest BCUT2D eigenvalue weighted by Crippen LogP contribution is -2.37. The molecule has 0 aromatic carbocycles. The Kier molecular flexibility index (Phi) is 4.38. The fraction of sp³-hybridized carbons (Fsp3) is 0.615. The number of carboxylic acid groups (broad SMARTS) is 1. The number of hydrogen-bond donors (Lipinski definition) is 2. The number of nitrogens with zero attached hydrogens (tertiary/aromatic N) is 1.